The number of fused-ring (bicyclic) bond motifs is 1. The minimum Gasteiger partial charge on any atom is -0.320 e. The molecule has 0 saturated heterocycles. The molecule has 3 rings (SSSR count). The van der Waals surface area contributed by atoms with Crippen molar-refractivity contribution in [2.75, 3.05) is 5.32 Å². The van der Waals surface area contributed by atoms with Crippen LogP contribution in [0.5, 0.6) is 0 Å². The zero-order chi connectivity index (χ0) is 13.9. The molecule has 20 heavy (non-hydrogen) atoms. The predicted molar refractivity (Wildman–Crippen MR) is 79.8 cm³/mol. The molecule has 2 aromatic carbocycles. The van der Waals surface area contributed by atoms with E-state index in [9.17, 15) is 4.79 Å². The minimum atomic E-state index is -0.187. The van der Waals surface area contributed by atoms with Crippen LogP contribution < -0.4 is 5.32 Å². The van der Waals surface area contributed by atoms with Crippen LogP contribution in [0, 0.1) is 0 Å². The van der Waals surface area contributed by atoms with Gasteiger partial charge in [0.1, 0.15) is 0 Å². The van der Waals surface area contributed by atoms with Gasteiger partial charge in [-0.3, -0.25) is 9.48 Å². The molecule has 1 amide bonds. The molecule has 4 heteroatoms. The molecule has 0 aliphatic heterocycles. The highest BCUT2D eigenvalue weighted by Crippen LogP contribution is 2.23. The summed E-state index contributed by atoms with van der Waals surface area (Å²) in [6.45, 7) is 2.74. The Balaban J connectivity index is 1.91. The van der Waals surface area contributed by atoms with Crippen molar-refractivity contribution in [1.82, 2.24) is 9.78 Å². The van der Waals surface area contributed by atoms with Crippen LogP contribution in [0.2, 0.25) is 0 Å². The van der Waals surface area contributed by atoms with E-state index in [1.54, 1.807) is 16.9 Å². The van der Waals surface area contributed by atoms with Crippen molar-refractivity contribution in [3.8, 4) is 0 Å². The molecule has 1 aromatic heterocycles. The van der Waals surface area contributed by atoms with Gasteiger partial charge in [0.2, 0.25) is 0 Å². The van der Waals surface area contributed by atoms with E-state index in [1.807, 2.05) is 49.4 Å². The fourth-order valence-corrected chi connectivity index (χ4v) is 2.18. The molecule has 0 aliphatic rings. The molecular weight excluding hydrogens is 250 g/mol. The maximum atomic E-state index is 12.2. The Bertz CT molecular complexity index is 756. The van der Waals surface area contributed by atoms with Crippen LogP contribution >= 0.6 is 0 Å². The molecule has 0 saturated carbocycles. The van der Waals surface area contributed by atoms with Gasteiger partial charge >= 0.3 is 0 Å². The minimum absolute atomic E-state index is 0.187. The first kappa shape index (κ1) is 12.4. The largest absolute Gasteiger partial charge is 0.320 e. The van der Waals surface area contributed by atoms with E-state index < -0.39 is 0 Å². The summed E-state index contributed by atoms with van der Waals surface area (Å²) in [5.41, 5.74) is 1.24. The number of aromatic nitrogens is 2. The molecule has 0 atom stereocenters. The van der Waals surface area contributed by atoms with E-state index in [4.69, 9.17) is 0 Å². The topological polar surface area (TPSA) is 46.9 Å². The Kier molecular flexibility index (Phi) is 3.21. The molecule has 0 unspecified atom stereocenters. The number of amides is 1. The zero-order valence-corrected chi connectivity index (χ0v) is 11.2. The van der Waals surface area contributed by atoms with Gasteiger partial charge in [0.25, 0.3) is 5.91 Å². The second kappa shape index (κ2) is 5.17. The van der Waals surface area contributed by atoms with Crippen molar-refractivity contribution < 1.29 is 4.79 Å². The van der Waals surface area contributed by atoms with Crippen molar-refractivity contribution in [2.24, 2.45) is 0 Å². The van der Waals surface area contributed by atoms with E-state index in [2.05, 4.69) is 10.4 Å². The van der Waals surface area contributed by atoms with E-state index in [1.165, 1.54) is 0 Å². The lowest BCUT2D eigenvalue weighted by molar-refractivity contribution is 0.102. The number of benzene rings is 2. The van der Waals surface area contributed by atoms with Crippen molar-refractivity contribution in [1.29, 1.82) is 0 Å². The molecule has 4 nitrogen and oxygen atoms in total. The smallest absolute Gasteiger partial charge is 0.276 e. The average Bonchev–Trinajstić information content (AvgIpc) is 2.97. The highest BCUT2D eigenvalue weighted by atomic mass is 16.1. The molecule has 0 bridgehead atoms. The number of rotatable bonds is 3. The Morgan fingerprint density at radius 2 is 1.95 bits per heavy atom. The normalized spacial score (nSPS) is 10.7. The summed E-state index contributed by atoms with van der Waals surface area (Å²) in [6, 6.07) is 15.5. The second-order valence-corrected chi connectivity index (χ2v) is 4.54. The van der Waals surface area contributed by atoms with Gasteiger partial charge in [-0.1, -0.05) is 36.4 Å². The van der Waals surface area contributed by atoms with Gasteiger partial charge in [0.15, 0.2) is 5.69 Å². The summed E-state index contributed by atoms with van der Waals surface area (Å²) >= 11 is 0. The second-order valence-electron chi connectivity index (χ2n) is 4.54. The predicted octanol–water partition coefficient (Wildman–Crippen LogP) is 3.31. The summed E-state index contributed by atoms with van der Waals surface area (Å²) in [5, 5.41) is 9.26. The van der Waals surface area contributed by atoms with Crippen LogP contribution in [-0.4, -0.2) is 15.7 Å². The zero-order valence-electron chi connectivity index (χ0n) is 11.2. The Hall–Kier alpha value is -2.62. The van der Waals surface area contributed by atoms with E-state index in [0.717, 1.165) is 23.0 Å². The standard InChI is InChI=1S/C16H15N3O/c1-2-19-11-10-15(18-19)16(20)17-14-9-5-7-12-6-3-4-8-13(12)14/h3-11H,2H2,1H3,(H,17,20). The summed E-state index contributed by atoms with van der Waals surface area (Å²) in [5.74, 6) is -0.187. The molecule has 100 valence electrons. The van der Waals surface area contributed by atoms with Gasteiger partial charge in [-0.15, -0.1) is 0 Å². The number of anilines is 1. The van der Waals surface area contributed by atoms with Crippen LogP contribution in [0.1, 0.15) is 17.4 Å². The number of aryl methyl sites for hydroxylation is 1. The van der Waals surface area contributed by atoms with Crippen molar-refractivity contribution in [3.63, 3.8) is 0 Å². The lowest BCUT2D eigenvalue weighted by atomic mass is 10.1. The first-order chi connectivity index (χ1) is 9.78. The Labute approximate surface area is 117 Å². The lowest BCUT2D eigenvalue weighted by Crippen LogP contribution is -2.13. The number of carbonyl (C=O) groups is 1. The molecule has 0 radical (unpaired) electrons. The van der Waals surface area contributed by atoms with Crippen LogP contribution in [0.25, 0.3) is 10.8 Å². The molecule has 1 heterocycles. The summed E-state index contributed by atoms with van der Waals surface area (Å²) in [6.07, 6.45) is 1.80. The Morgan fingerprint density at radius 3 is 2.75 bits per heavy atom. The summed E-state index contributed by atoms with van der Waals surface area (Å²) in [7, 11) is 0. The van der Waals surface area contributed by atoms with Gasteiger partial charge in [-0.2, -0.15) is 5.10 Å². The third kappa shape index (κ3) is 2.28. The molecule has 1 N–H and O–H groups in total. The highest BCUT2D eigenvalue weighted by Gasteiger charge is 2.10. The number of hydrogen-bond donors (Lipinski definition) is 1. The van der Waals surface area contributed by atoms with E-state index in [-0.39, 0.29) is 5.91 Å². The molecular formula is C16H15N3O. The van der Waals surface area contributed by atoms with Crippen molar-refractivity contribution in [2.45, 2.75) is 13.5 Å². The monoisotopic (exact) mass is 265 g/mol. The maximum Gasteiger partial charge on any atom is 0.276 e. The third-order valence-corrected chi connectivity index (χ3v) is 3.24. The summed E-state index contributed by atoms with van der Waals surface area (Å²) in [4.78, 5) is 12.2. The molecule has 0 aliphatic carbocycles. The third-order valence-electron chi connectivity index (χ3n) is 3.24. The number of carbonyl (C=O) groups excluding carboxylic acids is 1. The average molecular weight is 265 g/mol. The van der Waals surface area contributed by atoms with Crippen molar-refractivity contribution in [3.05, 3.63) is 60.4 Å². The fourth-order valence-electron chi connectivity index (χ4n) is 2.18. The van der Waals surface area contributed by atoms with E-state index in [0.29, 0.717) is 5.69 Å². The van der Waals surface area contributed by atoms with Crippen LogP contribution in [0.4, 0.5) is 5.69 Å². The molecule has 3 aromatic rings. The van der Waals surface area contributed by atoms with Gasteiger partial charge in [0.05, 0.1) is 0 Å². The number of nitrogens with zero attached hydrogens (tertiary/aromatic N) is 2. The SMILES string of the molecule is CCn1ccc(C(=O)Nc2cccc3ccccc23)n1. The van der Waals surface area contributed by atoms with Gasteiger partial charge in [0, 0.05) is 23.8 Å². The summed E-state index contributed by atoms with van der Waals surface area (Å²) < 4.78 is 1.73. The first-order valence-electron chi connectivity index (χ1n) is 6.60. The molecule has 0 spiro atoms. The van der Waals surface area contributed by atoms with E-state index >= 15 is 0 Å². The van der Waals surface area contributed by atoms with Crippen LogP contribution in [-0.2, 0) is 6.54 Å². The fraction of sp³-hybridized carbons (Fsp3) is 0.125. The molecule has 0 fully saturated rings. The van der Waals surface area contributed by atoms with Gasteiger partial charge < -0.3 is 5.32 Å². The maximum absolute atomic E-state index is 12.2. The van der Waals surface area contributed by atoms with Crippen LogP contribution in [0.15, 0.2) is 54.7 Å². The lowest BCUT2D eigenvalue weighted by Gasteiger charge is -2.07. The number of nitrogens with one attached hydrogen (secondary N) is 1. The first-order valence-corrected chi connectivity index (χ1v) is 6.60. The quantitative estimate of drug-likeness (QED) is 0.789. The van der Waals surface area contributed by atoms with Gasteiger partial charge in [-0.25, -0.2) is 0 Å². The van der Waals surface area contributed by atoms with Crippen molar-refractivity contribution >= 4 is 22.4 Å². The highest BCUT2D eigenvalue weighted by molar-refractivity contribution is 6.08. The number of hydrogen-bond acceptors (Lipinski definition) is 2. The van der Waals surface area contributed by atoms with Gasteiger partial charge in [-0.05, 0) is 24.4 Å². The Morgan fingerprint density at radius 1 is 1.15 bits per heavy atom. The van der Waals surface area contributed by atoms with Crippen LogP contribution in [0.3, 0.4) is 0 Å².